The van der Waals surface area contributed by atoms with Gasteiger partial charge < -0.3 is 5.32 Å². The fourth-order valence-corrected chi connectivity index (χ4v) is 2.35. The molecule has 86 valence electrons. The SMILES string of the molecule is C=C(C)CN1CCC(CNC2CC2)CC1. The van der Waals surface area contributed by atoms with Gasteiger partial charge in [0.15, 0.2) is 0 Å². The number of hydrogen-bond acceptors (Lipinski definition) is 2. The summed E-state index contributed by atoms with van der Waals surface area (Å²) >= 11 is 0. The van der Waals surface area contributed by atoms with Crippen LogP contribution in [0.1, 0.15) is 32.6 Å². The summed E-state index contributed by atoms with van der Waals surface area (Å²) < 4.78 is 0. The number of nitrogens with one attached hydrogen (secondary N) is 1. The van der Waals surface area contributed by atoms with Gasteiger partial charge in [0, 0.05) is 12.6 Å². The lowest BCUT2D eigenvalue weighted by atomic mass is 9.96. The Morgan fingerprint density at radius 3 is 2.47 bits per heavy atom. The van der Waals surface area contributed by atoms with E-state index in [4.69, 9.17) is 0 Å². The van der Waals surface area contributed by atoms with Crippen LogP contribution < -0.4 is 5.32 Å². The summed E-state index contributed by atoms with van der Waals surface area (Å²) in [5.41, 5.74) is 1.30. The minimum Gasteiger partial charge on any atom is -0.314 e. The van der Waals surface area contributed by atoms with Crippen molar-refractivity contribution in [3.8, 4) is 0 Å². The van der Waals surface area contributed by atoms with E-state index in [0.29, 0.717) is 0 Å². The Balaban J connectivity index is 1.60. The van der Waals surface area contributed by atoms with Gasteiger partial charge in [-0.2, -0.15) is 0 Å². The van der Waals surface area contributed by atoms with Gasteiger partial charge in [-0.3, -0.25) is 4.90 Å². The van der Waals surface area contributed by atoms with Crippen molar-refractivity contribution in [1.82, 2.24) is 10.2 Å². The van der Waals surface area contributed by atoms with Crippen molar-refractivity contribution in [2.75, 3.05) is 26.2 Å². The van der Waals surface area contributed by atoms with Crippen LogP contribution >= 0.6 is 0 Å². The van der Waals surface area contributed by atoms with Gasteiger partial charge in [-0.05, 0) is 58.2 Å². The molecule has 0 amide bonds. The molecule has 1 aliphatic carbocycles. The van der Waals surface area contributed by atoms with Gasteiger partial charge in [0.1, 0.15) is 0 Å². The number of rotatable bonds is 5. The molecular weight excluding hydrogens is 184 g/mol. The molecule has 1 heterocycles. The Morgan fingerprint density at radius 1 is 1.27 bits per heavy atom. The van der Waals surface area contributed by atoms with E-state index in [1.54, 1.807) is 0 Å². The number of nitrogens with zero attached hydrogens (tertiary/aromatic N) is 1. The van der Waals surface area contributed by atoms with Crippen LogP contribution in [0.25, 0.3) is 0 Å². The first-order chi connectivity index (χ1) is 7.24. The van der Waals surface area contributed by atoms with Crippen LogP contribution in [0, 0.1) is 5.92 Å². The molecule has 0 aromatic carbocycles. The van der Waals surface area contributed by atoms with Gasteiger partial charge in [-0.15, -0.1) is 0 Å². The summed E-state index contributed by atoms with van der Waals surface area (Å²) in [6.45, 7) is 11.0. The maximum absolute atomic E-state index is 3.98. The van der Waals surface area contributed by atoms with Gasteiger partial charge in [0.25, 0.3) is 0 Å². The van der Waals surface area contributed by atoms with E-state index in [1.165, 1.54) is 50.9 Å². The summed E-state index contributed by atoms with van der Waals surface area (Å²) in [4.78, 5) is 2.54. The van der Waals surface area contributed by atoms with E-state index in [0.717, 1.165) is 18.5 Å². The lowest BCUT2D eigenvalue weighted by Gasteiger charge is -2.32. The molecular formula is C13H24N2. The van der Waals surface area contributed by atoms with Crippen LogP contribution in [0.3, 0.4) is 0 Å². The lowest BCUT2D eigenvalue weighted by Crippen LogP contribution is -2.38. The highest BCUT2D eigenvalue weighted by molar-refractivity contribution is 4.93. The summed E-state index contributed by atoms with van der Waals surface area (Å²) in [5, 5.41) is 3.65. The molecule has 0 atom stereocenters. The molecule has 1 N–H and O–H groups in total. The second-order valence-electron chi connectivity index (χ2n) is 5.36. The molecule has 1 aliphatic heterocycles. The molecule has 2 rings (SSSR count). The van der Waals surface area contributed by atoms with Gasteiger partial charge in [0.2, 0.25) is 0 Å². The predicted octanol–water partition coefficient (Wildman–Crippen LogP) is 2.03. The summed E-state index contributed by atoms with van der Waals surface area (Å²) in [6.07, 6.45) is 5.56. The molecule has 2 aliphatic rings. The van der Waals surface area contributed by atoms with E-state index < -0.39 is 0 Å². The number of likely N-dealkylation sites (tertiary alicyclic amines) is 1. The van der Waals surface area contributed by atoms with E-state index in [2.05, 4.69) is 23.7 Å². The first-order valence-corrected chi connectivity index (χ1v) is 6.34. The van der Waals surface area contributed by atoms with Crippen molar-refractivity contribution in [1.29, 1.82) is 0 Å². The highest BCUT2D eigenvalue weighted by atomic mass is 15.1. The lowest BCUT2D eigenvalue weighted by molar-refractivity contribution is 0.194. The Bertz CT molecular complexity index is 213. The Labute approximate surface area is 93.7 Å². The van der Waals surface area contributed by atoms with E-state index in [-0.39, 0.29) is 0 Å². The van der Waals surface area contributed by atoms with Crippen LogP contribution in [0.15, 0.2) is 12.2 Å². The minimum absolute atomic E-state index is 0.874. The van der Waals surface area contributed by atoms with Crippen LogP contribution in [-0.2, 0) is 0 Å². The molecule has 1 saturated heterocycles. The van der Waals surface area contributed by atoms with Gasteiger partial charge in [-0.1, -0.05) is 12.2 Å². The molecule has 0 unspecified atom stereocenters. The monoisotopic (exact) mass is 208 g/mol. The van der Waals surface area contributed by atoms with Crippen LogP contribution in [0.5, 0.6) is 0 Å². The first kappa shape index (κ1) is 11.2. The van der Waals surface area contributed by atoms with Crippen molar-refractivity contribution in [3.05, 3.63) is 12.2 Å². The number of hydrogen-bond donors (Lipinski definition) is 1. The van der Waals surface area contributed by atoms with E-state index in [1.807, 2.05) is 0 Å². The van der Waals surface area contributed by atoms with E-state index in [9.17, 15) is 0 Å². The average Bonchev–Trinajstić information content (AvgIpc) is 2.99. The maximum atomic E-state index is 3.98. The molecule has 1 saturated carbocycles. The number of piperidine rings is 1. The van der Waals surface area contributed by atoms with Crippen LogP contribution in [-0.4, -0.2) is 37.1 Å². The maximum Gasteiger partial charge on any atom is 0.0187 e. The molecule has 0 aromatic heterocycles. The second-order valence-corrected chi connectivity index (χ2v) is 5.36. The third-order valence-corrected chi connectivity index (χ3v) is 3.47. The topological polar surface area (TPSA) is 15.3 Å². The molecule has 0 radical (unpaired) electrons. The summed E-state index contributed by atoms with van der Waals surface area (Å²) in [7, 11) is 0. The van der Waals surface area contributed by atoms with Crippen molar-refractivity contribution < 1.29 is 0 Å². The summed E-state index contributed by atoms with van der Waals surface area (Å²) in [6, 6.07) is 0.874. The molecule has 2 heteroatoms. The molecule has 2 fully saturated rings. The predicted molar refractivity (Wildman–Crippen MR) is 65.0 cm³/mol. The van der Waals surface area contributed by atoms with E-state index >= 15 is 0 Å². The molecule has 15 heavy (non-hydrogen) atoms. The highest BCUT2D eigenvalue weighted by Gasteiger charge is 2.24. The molecule has 2 nitrogen and oxygen atoms in total. The quantitative estimate of drug-likeness (QED) is 0.695. The molecule has 0 aromatic rings. The Kier molecular flexibility index (Phi) is 3.81. The second kappa shape index (κ2) is 5.13. The largest absolute Gasteiger partial charge is 0.314 e. The Morgan fingerprint density at radius 2 is 1.93 bits per heavy atom. The smallest absolute Gasteiger partial charge is 0.0187 e. The molecule has 0 bridgehead atoms. The first-order valence-electron chi connectivity index (χ1n) is 6.34. The minimum atomic E-state index is 0.874. The van der Waals surface area contributed by atoms with Crippen molar-refractivity contribution in [2.24, 2.45) is 5.92 Å². The highest BCUT2D eigenvalue weighted by Crippen LogP contribution is 2.21. The van der Waals surface area contributed by atoms with Crippen LogP contribution in [0.2, 0.25) is 0 Å². The van der Waals surface area contributed by atoms with Crippen molar-refractivity contribution >= 4 is 0 Å². The van der Waals surface area contributed by atoms with Crippen molar-refractivity contribution in [2.45, 2.75) is 38.6 Å². The van der Waals surface area contributed by atoms with Gasteiger partial charge in [0.05, 0.1) is 0 Å². The molecule has 0 spiro atoms. The Hall–Kier alpha value is -0.340. The van der Waals surface area contributed by atoms with Crippen molar-refractivity contribution in [3.63, 3.8) is 0 Å². The third kappa shape index (κ3) is 3.96. The standard InChI is InChI=1S/C13H24N2/c1-11(2)10-15-7-5-12(6-8-15)9-14-13-3-4-13/h12-14H,1,3-10H2,2H3. The normalized spacial score (nSPS) is 24.3. The van der Waals surface area contributed by atoms with Crippen LogP contribution in [0.4, 0.5) is 0 Å². The third-order valence-electron chi connectivity index (χ3n) is 3.47. The van der Waals surface area contributed by atoms with Gasteiger partial charge in [-0.25, -0.2) is 0 Å². The average molecular weight is 208 g/mol. The fraction of sp³-hybridized carbons (Fsp3) is 0.846. The zero-order chi connectivity index (χ0) is 10.7. The van der Waals surface area contributed by atoms with Gasteiger partial charge >= 0.3 is 0 Å². The zero-order valence-electron chi connectivity index (χ0n) is 9.97. The fourth-order valence-electron chi connectivity index (χ4n) is 2.35. The summed E-state index contributed by atoms with van der Waals surface area (Å²) in [5.74, 6) is 0.923. The zero-order valence-corrected chi connectivity index (χ0v) is 9.97.